The first kappa shape index (κ1) is 16.0. The second kappa shape index (κ2) is 6.34. The van der Waals surface area contributed by atoms with Crippen LogP contribution in [0.4, 0.5) is 5.00 Å². The number of carbonyl (C=O) groups is 2. The molecule has 0 fully saturated rings. The number of hydrogen-bond acceptors (Lipinski definition) is 3. The van der Waals surface area contributed by atoms with Crippen molar-refractivity contribution in [3.05, 3.63) is 50.9 Å². The van der Waals surface area contributed by atoms with Crippen LogP contribution in [-0.4, -0.2) is 11.8 Å². The van der Waals surface area contributed by atoms with E-state index in [0.717, 1.165) is 29.7 Å². The van der Waals surface area contributed by atoms with E-state index in [1.807, 2.05) is 0 Å². The van der Waals surface area contributed by atoms with Gasteiger partial charge in [0.2, 0.25) is 0 Å². The molecule has 2 aromatic rings. The Labute approximate surface area is 143 Å². The molecule has 120 valence electrons. The van der Waals surface area contributed by atoms with Gasteiger partial charge >= 0.3 is 0 Å². The maximum Gasteiger partial charge on any atom is 0.256 e. The van der Waals surface area contributed by atoms with Gasteiger partial charge in [-0.25, -0.2) is 0 Å². The van der Waals surface area contributed by atoms with Crippen LogP contribution in [0.3, 0.4) is 0 Å². The maximum atomic E-state index is 12.4. The number of carbonyl (C=O) groups excluding carboxylic acids is 2. The van der Waals surface area contributed by atoms with E-state index in [2.05, 4.69) is 12.2 Å². The van der Waals surface area contributed by atoms with E-state index >= 15 is 0 Å². The number of thiophene rings is 1. The van der Waals surface area contributed by atoms with Crippen molar-refractivity contribution in [2.24, 2.45) is 11.7 Å². The number of fused-ring (bicyclic) bond motifs is 1. The van der Waals surface area contributed by atoms with Crippen LogP contribution in [0.1, 0.15) is 44.5 Å². The van der Waals surface area contributed by atoms with E-state index in [1.165, 1.54) is 11.3 Å². The molecule has 1 aliphatic rings. The van der Waals surface area contributed by atoms with Gasteiger partial charge in [-0.15, -0.1) is 11.3 Å². The molecule has 1 aromatic carbocycles. The number of primary amides is 1. The van der Waals surface area contributed by atoms with Gasteiger partial charge in [-0.1, -0.05) is 24.6 Å². The number of rotatable bonds is 3. The maximum absolute atomic E-state index is 12.4. The van der Waals surface area contributed by atoms with Crippen molar-refractivity contribution in [1.29, 1.82) is 0 Å². The third-order valence-corrected chi connectivity index (χ3v) is 5.48. The Morgan fingerprint density at radius 2 is 2.17 bits per heavy atom. The van der Waals surface area contributed by atoms with E-state index in [4.69, 9.17) is 17.3 Å². The van der Waals surface area contributed by atoms with Gasteiger partial charge in [0.15, 0.2) is 0 Å². The SMILES string of the molecule is C[C@H]1CCc2c(sc(NC(=O)c3cccc(Cl)c3)c2C(N)=O)C1. The average molecular weight is 349 g/mol. The third kappa shape index (κ3) is 3.26. The van der Waals surface area contributed by atoms with E-state index in [-0.39, 0.29) is 5.91 Å². The van der Waals surface area contributed by atoms with Crippen molar-refractivity contribution < 1.29 is 9.59 Å². The van der Waals surface area contributed by atoms with Crippen molar-refractivity contribution in [3.63, 3.8) is 0 Å². The highest BCUT2D eigenvalue weighted by Gasteiger charge is 2.27. The molecule has 1 heterocycles. The predicted octanol–water partition coefficient (Wildman–Crippen LogP) is 3.88. The number of benzene rings is 1. The van der Waals surface area contributed by atoms with Crippen molar-refractivity contribution in [3.8, 4) is 0 Å². The molecule has 0 radical (unpaired) electrons. The molecule has 4 nitrogen and oxygen atoms in total. The van der Waals surface area contributed by atoms with E-state index < -0.39 is 5.91 Å². The Morgan fingerprint density at radius 1 is 1.39 bits per heavy atom. The summed E-state index contributed by atoms with van der Waals surface area (Å²) in [5, 5.41) is 3.86. The molecular formula is C17H17ClN2O2S. The zero-order valence-electron chi connectivity index (χ0n) is 12.7. The number of amides is 2. The van der Waals surface area contributed by atoms with Crippen LogP contribution >= 0.6 is 22.9 Å². The van der Waals surface area contributed by atoms with Gasteiger partial charge < -0.3 is 11.1 Å². The van der Waals surface area contributed by atoms with Gasteiger partial charge in [0.25, 0.3) is 11.8 Å². The van der Waals surface area contributed by atoms with E-state index in [0.29, 0.717) is 27.1 Å². The van der Waals surface area contributed by atoms with E-state index in [1.54, 1.807) is 24.3 Å². The first-order valence-corrected chi connectivity index (χ1v) is 8.66. The van der Waals surface area contributed by atoms with E-state index in [9.17, 15) is 9.59 Å². The summed E-state index contributed by atoms with van der Waals surface area (Å²) in [5.41, 5.74) is 7.47. The molecule has 1 atom stereocenters. The van der Waals surface area contributed by atoms with Gasteiger partial charge in [-0.05, 0) is 48.9 Å². The lowest BCUT2D eigenvalue weighted by Crippen LogP contribution is -2.19. The highest BCUT2D eigenvalue weighted by atomic mass is 35.5. The van der Waals surface area contributed by atoms with Crippen LogP contribution in [0, 0.1) is 5.92 Å². The lowest BCUT2D eigenvalue weighted by atomic mass is 9.88. The topological polar surface area (TPSA) is 72.2 Å². The predicted molar refractivity (Wildman–Crippen MR) is 93.4 cm³/mol. The minimum atomic E-state index is -0.488. The first-order valence-electron chi connectivity index (χ1n) is 7.47. The van der Waals surface area contributed by atoms with Gasteiger partial charge in [0.1, 0.15) is 5.00 Å². The summed E-state index contributed by atoms with van der Waals surface area (Å²) in [5.74, 6) is -0.196. The highest BCUT2D eigenvalue weighted by Crippen LogP contribution is 2.39. The van der Waals surface area contributed by atoms with Crippen molar-refractivity contribution >= 4 is 39.8 Å². The molecule has 2 amide bonds. The number of halogens is 1. The summed E-state index contributed by atoms with van der Waals surface area (Å²) in [6.45, 7) is 2.19. The largest absolute Gasteiger partial charge is 0.365 e. The first-order chi connectivity index (χ1) is 11.0. The second-order valence-corrected chi connectivity index (χ2v) is 7.43. The molecule has 1 aromatic heterocycles. The number of nitrogens with two attached hydrogens (primary N) is 1. The van der Waals surface area contributed by atoms with Gasteiger partial charge in [0, 0.05) is 15.5 Å². The fourth-order valence-corrected chi connectivity index (χ4v) is 4.51. The third-order valence-electron chi connectivity index (χ3n) is 4.07. The minimum Gasteiger partial charge on any atom is -0.365 e. The quantitative estimate of drug-likeness (QED) is 0.883. The standard InChI is InChI=1S/C17H17ClN2O2S/c1-9-5-6-12-13(7-9)23-17(14(12)15(19)21)20-16(22)10-3-2-4-11(18)8-10/h2-4,8-9H,5-7H2,1H3,(H2,19,21)(H,20,22)/t9-/m0/s1. The normalized spacial score (nSPS) is 16.7. The lowest BCUT2D eigenvalue weighted by Gasteiger charge is -2.18. The molecule has 0 bridgehead atoms. The summed E-state index contributed by atoms with van der Waals surface area (Å²) >= 11 is 7.38. The molecule has 3 N–H and O–H groups in total. The molecular weight excluding hydrogens is 332 g/mol. The fraction of sp³-hybridized carbons (Fsp3) is 0.294. The second-order valence-electron chi connectivity index (χ2n) is 5.88. The van der Waals surface area contributed by atoms with Crippen molar-refractivity contribution in [2.75, 3.05) is 5.32 Å². The Balaban J connectivity index is 1.94. The van der Waals surface area contributed by atoms with Crippen molar-refractivity contribution in [1.82, 2.24) is 0 Å². The number of nitrogens with one attached hydrogen (secondary N) is 1. The Hall–Kier alpha value is -1.85. The van der Waals surface area contributed by atoms with Crippen LogP contribution in [0.25, 0.3) is 0 Å². The van der Waals surface area contributed by atoms with Gasteiger partial charge in [-0.2, -0.15) is 0 Å². The molecule has 1 aliphatic carbocycles. The van der Waals surface area contributed by atoms with Crippen LogP contribution in [0.5, 0.6) is 0 Å². The summed E-state index contributed by atoms with van der Waals surface area (Å²) in [7, 11) is 0. The average Bonchev–Trinajstić information content (AvgIpc) is 2.84. The summed E-state index contributed by atoms with van der Waals surface area (Å²) in [6.07, 6.45) is 2.79. The Morgan fingerprint density at radius 3 is 2.87 bits per heavy atom. The highest BCUT2D eigenvalue weighted by molar-refractivity contribution is 7.17. The van der Waals surface area contributed by atoms with Gasteiger partial charge in [-0.3, -0.25) is 9.59 Å². The molecule has 0 spiro atoms. The number of anilines is 1. The molecule has 0 saturated heterocycles. The van der Waals surface area contributed by atoms with Crippen LogP contribution in [0.15, 0.2) is 24.3 Å². The Bertz CT molecular complexity index is 785. The van der Waals surface area contributed by atoms with Crippen LogP contribution in [-0.2, 0) is 12.8 Å². The Kier molecular flexibility index (Phi) is 4.41. The van der Waals surface area contributed by atoms with Crippen molar-refractivity contribution in [2.45, 2.75) is 26.2 Å². The molecule has 23 heavy (non-hydrogen) atoms. The minimum absolute atomic E-state index is 0.290. The number of hydrogen-bond donors (Lipinski definition) is 2. The van der Waals surface area contributed by atoms with Crippen LogP contribution in [0.2, 0.25) is 5.02 Å². The molecule has 3 rings (SSSR count). The summed E-state index contributed by atoms with van der Waals surface area (Å²) < 4.78 is 0. The monoisotopic (exact) mass is 348 g/mol. The molecule has 0 aliphatic heterocycles. The summed E-state index contributed by atoms with van der Waals surface area (Å²) in [4.78, 5) is 25.4. The van der Waals surface area contributed by atoms with Crippen LogP contribution < -0.4 is 11.1 Å². The fourth-order valence-electron chi connectivity index (χ4n) is 2.90. The zero-order chi connectivity index (χ0) is 16.6. The lowest BCUT2D eigenvalue weighted by molar-refractivity contribution is 0.1000. The molecule has 0 saturated carbocycles. The molecule has 0 unspecified atom stereocenters. The summed E-state index contributed by atoms with van der Waals surface area (Å²) in [6, 6.07) is 6.70. The van der Waals surface area contributed by atoms with Gasteiger partial charge in [0.05, 0.1) is 5.56 Å². The smallest absolute Gasteiger partial charge is 0.256 e. The zero-order valence-corrected chi connectivity index (χ0v) is 14.3. The molecule has 6 heteroatoms.